The van der Waals surface area contributed by atoms with Gasteiger partial charge in [0.1, 0.15) is 17.8 Å². The zero-order valence-corrected chi connectivity index (χ0v) is 19.0. The van der Waals surface area contributed by atoms with Gasteiger partial charge in [-0.3, -0.25) is 23.9 Å². The zero-order valence-electron chi connectivity index (χ0n) is 19.0. The highest BCUT2D eigenvalue weighted by Crippen LogP contribution is 2.43. The molecule has 5 rings (SSSR count). The highest BCUT2D eigenvalue weighted by molar-refractivity contribution is 6.10. The monoisotopic (exact) mass is 458 g/mol. The number of nitrogens with zero attached hydrogens (tertiary/aromatic N) is 5. The molecule has 1 saturated heterocycles. The van der Waals surface area contributed by atoms with Crippen LogP contribution in [0.2, 0.25) is 0 Å². The number of imidazole rings is 1. The summed E-state index contributed by atoms with van der Waals surface area (Å²) in [6.45, 7) is 2.72. The molecule has 1 N–H and O–H groups in total. The minimum Gasteiger partial charge on any atom is -0.352 e. The molecule has 0 radical (unpaired) electrons. The maximum Gasteiger partial charge on any atom is 0.257 e. The Labute approximate surface area is 197 Å². The minimum absolute atomic E-state index is 0.0258. The Morgan fingerprint density at radius 3 is 2.79 bits per heavy atom. The van der Waals surface area contributed by atoms with E-state index in [-0.39, 0.29) is 24.1 Å². The molecule has 3 amide bonds. The fourth-order valence-electron chi connectivity index (χ4n) is 4.80. The van der Waals surface area contributed by atoms with Crippen molar-refractivity contribution >= 4 is 23.4 Å². The van der Waals surface area contributed by atoms with Gasteiger partial charge >= 0.3 is 0 Å². The van der Waals surface area contributed by atoms with E-state index in [9.17, 15) is 14.4 Å². The summed E-state index contributed by atoms with van der Waals surface area (Å²) in [5.41, 5.74) is 1.42. The van der Waals surface area contributed by atoms with Crippen LogP contribution in [0.3, 0.4) is 0 Å². The number of carbonyl (C=O) groups excluding carboxylic acids is 3. The molecule has 9 heteroatoms. The van der Waals surface area contributed by atoms with E-state index >= 15 is 0 Å². The van der Waals surface area contributed by atoms with Gasteiger partial charge in [-0.05, 0) is 43.5 Å². The van der Waals surface area contributed by atoms with Gasteiger partial charge in [0.15, 0.2) is 0 Å². The Morgan fingerprint density at radius 1 is 1.18 bits per heavy atom. The van der Waals surface area contributed by atoms with Gasteiger partial charge in [-0.2, -0.15) is 0 Å². The van der Waals surface area contributed by atoms with E-state index in [0.717, 1.165) is 11.4 Å². The molecule has 2 aromatic heterocycles. The molecule has 9 nitrogen and oxygen atoms in total. The number of anilines is 1. The first-order valence-electron chi connectivity index (χ1n) is 11.4. The van der Waals surface area contributed by atoms with Crippen molar-refractivity contribution in [2.24, 2.45) is 0 Å². The molecule has 1 atom stereocenters. The number of rotatable bonds is 7. The van der Waals surface area contributed by atoms with E-state index in [0.29, 0.717) is 43.6 Å². The van der Waals surface area contributed by atoms with Crippen LogP contribution in [-0.4, -0.2) is 49.4 Å². The van der Waals surface area contributed by atoms with Crippen LogP contribution in [0, 0.1) is 0 Å². The van der Waals surface area contributed by atoms with Gasteiger partial charge in [-0.15, -0.1) is 0 Å². The number of fused-ring (bicyclic) bond motifs is 3. The Kier molecular flexibility index (Phi) is 5.61. The van der Waals surface area contributed by atoms with Gasteiger partial charge < -0.3 is 10.2 Å². The normalized spacial score (nSPS) is 19.2. The van der Waals surface area contributed by atoms with E-state index in [1.54, 1.807) is 34.6 Å². The molecule has 1 fully saturated rings. The number of para-hydroxylation sites is 1. The topological polar surface area (TPSA) is 100 Å². The van der Waals surface area contributed by atoms with Gasteiger partial charge in [-0.25, -0.2) is 9.97 Å². The number of amides is 3. The fraction of sp³-hybridized carbons (Fsp3) is 0.320. The summed E-state index contributed by atoms with van der Waals surface area (Å²) < 4.78 is 1.81. The molecule has 4 heterocycles. The molecule has 0 aliphatic carbocycles. The number of hydrogen-bond acceptors (Lipinski definition) is 5. The molecule has 1 aromatic carbocycles. The van der Waals surface area contributed by atoms with E-state index in [4.69, 9.17) is 0 Å². The molecule has 0 saturated carbocycles. The number of hydrogen-bond donors (Lipinski definition) is 1. The second-order valence-corrected chi connectivity index (χ2v) is 8.79. The third kappa shape index (κ3) is 3.83. The lowest BCUT2D eigenvalue weighted by molar-refractivity contribution is -0.121. The SMILES string of the molecule is CC12CCC(=O)N1c1ccccc1C(=O)N2CCCC(=O)NCc1ccc(-n2ccnc2)nc1. The van der Waals surface area contributed by atoms with Gasteiger partial charge in [0.05, 0.1) is 11.3 Å². The van der Waals surface area contributed by atoms with Crippen molar-refractivity contribution in [2.75, 3.05) is 11.4 Å². The molecular weight excluding hydrogens is 432 g/mol. The quantitative estimate of drug-likeness (QED) is 0.587. The summed E-state index contributed by atoms with van der Waals surface area (Å²) in [5, 5.41) is 2.91. The highest BCUT2D eigenvalue weighted by atomic mass is 16.2. The van der Waals surface area contributed by atoms with Crippen molar-refractivity contribution in [1.29, 1.82) is 0 Å². The van der Waals surface area contributed by atoms with Crippen LogP contribution >= 0.6 is 0 Å². The average Bonchev–Trinajstić information content (AvgIpc) is 3.49. The van der Waals surface area contributed by atoms with Crippen LogP contribution in [0.25, 0.3) is 5.82 Å². The van der Waals surface area contributed by atoms with Crippen LogP contribution in [0.4, 0.5) is 5.69 Å². The second-order valence-electron chi connectivity index (χ2n) is 8.79. The van der Waals surface area contributed by atoms with E-state index in [2.05, 4.69) is 15.3 Å². The predicted molar refractivity (Wildman–Crippen MR) is 125 cm³/mol. The summed E-state index contributed by atoms with van der Waals surface area (Å²) in [4.78, 5) is 50.2. The number of nitrogens with one attached hydrogen (secondary N) is 1. The first-order chi connectivity index (χ1) is 16.5. The van der Waals surface area contributed by atoms with Crippen molar-refractivity contribution in [3.63, 3.8) is 0 Å². The van der Waals surface area contributed by atoms with Crippen molar-refractivity contribution in [3.8, 4) is 5.82 Å². The largest absolute Gasteiger partial charge is 0.352 e. The van der Waals surface area contributed by atoms with Crippen LogP contribution in [0.5, 0.6) is 0 Å². The number of aromatic nitrogens is 3. The number of pyridine rings is 1. The van der Waals surface area contributed by atoms with E-state index < -0.39 is 5.66 Å². The van der Waals surface area contributed by atoms with Gasteiger partial charge in [0.25, 0.3) is 5.91 Å². The first-order valence-corrected chi connectivity index (χ1v) is 11.4. The number of benzene rings is 1. The Morgan fingerprint density at radius 2 is 2.03 bits per heavy atom. The molecule has 1 unspecified atom stereocenters. The smallest absolute Gasteiger partial charge is 0.257 e. The molecule has 0 spiro atoms. The van der Waals surface area contributed by atoms with Crippen LogP contribution in [0.15, 0.2) is 61.3 Å². The molecule has 34 heavy (non-hydrogen) atoms. The highest BCUT2D eigenvalue weighted by Gasteiger charge is 2.52. The van der Waals surface area contributed by atoms with Gasteiger partial charge in [0.2, 0.25) is 11.8 Å². The summed E-state index contributed by atoms with van der Waals surface area (Å²) >= 11 is 0. The van der Waals surface area contributed by atoms with Crippen LogP contribution < -0.4 is 10.2 Å². The summed E-state index contributed by atoms with van der Waals surface area (Å²) in [5.74, 6) is 0.604. The zero-order chi connectivity index (χ0) is 23.7. The fourth-order valence-corrected chi connectivity index (χ4v) is 4.80. The van der Waals surface area contributed by atoms with E-state index in [1.807, 2.05) is 48.0 Å². The summed E-state index contributed by atoms with van der Waals surface area (Å²) in [6.07, 6.45) is 8.70. The minimum atomic E-state index is -0.693. The molecule has 0 bridgehead atoms. The standard InChI is InChI=1S/C25H26N6O3/c1-25-11-10-23(33)31(25)20-6-3-2-5-19(20)24(34)30(25)13-4-7-22(32)28-16-18-8-9-21(27-15-18)29-14-12-26-17-29/h2-3,5-6,8-9,12,14-15,17H,4,7,10-11,13,16H2,1H3,(H,28,32). The molecular formula is C25H26N6O3. The van der Waals surface area contributed by atoms with Crippen molar-refractivity contribution in [3.05, 3.63) is 72.4 Å². The van der Waals surface area contributed by atoms with Crippen molar-refractivity contribution in [1.82, 2.24) is 24.8 Å². The molecule has 2 aliphatic heterocycles. The van der Waals surface area contributed by atoms with Crippen LogP contribution in [-0.2, 0) is 16.1 Å². The lowest BCUT2D eigenvalue weighted by Gasteiger charge is -2.48. The molecule has 2 aliphatic rings. The third-order valence-electron chi connectivity index (χ3n) is 6.60. The van der Waals surface area contributed by atoms with Crippen molar-refractivity contribution in [2.45, 2.75) is 44.8 Å². The third-order valence-corrected chi connectivity index (χ3v) is 6.60. The predicted octanol–water partition coefficient (Wildman–Crippen LogP) is 2.66. The van der Waals surface area contributed by atoms with Gasteiger partial charge in [-0.1, -0.05) is 18.2 Å². The average molecular weight is 459 g/mol. The summed E-state index contributed by atoms with van der Waals surface area (Å²) in [7, 11) is 0. The van der Waals surface area contributed by atoms with Crippen LogP contribution in [0.1, 0.15) is 48.5 Å². The van der Waals surface area contributed by atoms with Gasteiger partial charge in [0, 0.05) is 44.5 Å². The van der Waals surface area contributed by atoms with E-state index in [1.165, 1.54) is 0 Å². The maximum atomic E-state index is 13.2. The lowest BCUT2D eigenvalue weighted by atomic mass is 9.98. The first kappa shape index (κ1) is 21.8. The molecule has 3 aromatic rings. The Hall–Kier alpha value is -4.01. The second kappa shape index (κ2) is 8.74. The summed E-state index contributed by atoms with van der Waals surface area (Å²) in [6, 6.07) is 11.0. The maximum absolute atomic E-state index is 13.2. The number of carbonyl (C=O) groups is 3. The molecule has 174 valence electrons. The van der Waals surface area contributed by atoms with Crippen molar-refractivity contribution < 1.29 is 14.4 Å². The Bertz CT molecular complexity index is 1220. The lowest BCUT2D eigenvalue weighted by Crippen LogP contribution is -2.62. The Balaban J connectivity index is 1.17.